The van der Waals surface area contributed by atoms with Crippen molar-refractivity contribution in [2.24, 2.45) is 13.0 Å². The predicted molar refractivity (Wildman–Crippen MR) is 60.4 cm³/mol. The summed E-state index contributed by atoms with van der Waals surface area (Å²) >= 11 is 0. The number of nitrogens with one attached hydrogen (secondary N) is 1. The molecule has 1 fully saturated rings. The summed E-state index contributed by atoms with van der Waals surface area (Å²) in [6.45, 7) is 0.553. The van der Waals surface area contributed by atoms with Crippen molar-refractivity contribution in [3.63, 3.8) is 0 Å². The van der Waals surface area contributed by atoms with Crippen molar-refractivity contribution in [3.05, 3.63) is 12.4 Å². The third-order valence-electron chi connectivity index (χ3n) is 3.03. The molecule has 0 radical (unpaired) electrons. The van der Waals surface area contributed by atoms with E-state index in [0.29, 0.717) is 12.5 Å². The van der Waals surface area contributed by atoms with Gasteiger partial charge in [0.2, 0.25) is 10.0 Å². The number of aromatic nitrogens is 2. The van der Waals surface area contributed by atoms with Gasteiger partial charge in [0.05, 0.1) is 6.20 Å². The first-order chi connectivity index (χ1) is 7.58. The Morgan fingerprint density at radius 2 is 2.19 bits per heavy atom. The fraction of sp³-hybridized carbons (Fsp3) is 0.700. The van der Waals surface area contributed by atoms with Crippen molar-refractivity contribution >= 4 is 10.0 Å². The second-order valence-electron chi connectivity index (χ2n) is 4.35. The van der Waals surface area contributed by atoms with E-state index in [4.69, 9.17) is 0 Å². The first-order valence-electron chi connectivity index (χ1n) is 5.56. The average Bonchev–Trinajstić information content (AvgIpc) is 2.85. The zero-order valence-corrected chi connectivity index (χ0v) is 10.2. The van der Waals surface area contributed by atoms with E-state index in [0.717, 1.165) is 12.8 Å². The summed E-state index contributed by atoms with van der Waals surface area (Å²) in [7, 11) is -1.66. The minimum absolute atomic E-state index is 0.244. The molecule has 0 spiro atoms. The molecule has 2 rings (SSSR count). The van der Waals surface area contributed by atoms with Gasteiger partial charge in [-0.2, -0.15) is 5.10 Å². The largest absolute Gasteiger partial charge is 0.274 e. The van der Waals surface area contributed by atoms with Gasteiger partial charge in [0.15, 0.2) is 0 Å². The molecule has 1 aromatic heterocycles. The summed E-state index contributed by atoms with van der Waals surface area (Å²) in [5.74, 6) is 0.506. The quantitative estimate of drug-likeness (QED) is 0.854. The van der Waals surface area contributed by atoms with Crippen LogP contribution < -0.4 is 4.72 Å². The third kappa shape index (κ3) is 2.62. The molecule has 0 aromatic carbocycles. The van der Waals surface area contributed by atoms with Crippen LogP contribution in [0.4, 0.5) is 0 Å². The molecule has 5 nitrogen and oxygen atoms in total. The highest BCUT2D eigenvalue weighted by atomic mass is 32.2. The van der Waals surface area contributed by atoms with E-state index < -0.39 is 10.0 Å². The average molecular weight is 243 g/mol. The van der Waals surface area contributed by atoms with Crippen LogP contribution in [-0.4, -0.2) is 24.7 Å². The van der Waals surface area contributed by atoms with Gasteiger partial charge in [-0.1, -0.05) is 12.8 Å². The maximum atomic E-state index is 11.8. The Morgan fingerprint density at radius 1 is 1.50 bits per heavy atom. The lowest BCUT2D eigenvalue weighted by Gasteiger charge is -2.09. The minimum Gasteiger partial charge on any atom is -0.274 e. The van der Waals surface area contributed by atoms with Crippen molar-refractivity contribution in [2.45, 2.75) is 30.6 Å². The Morgan fingerprint density at radius 3 is 2.75 bits per heavy atom. The number of hydrogen-bond donors (Lipinski definition) is 1. The number of sulfonamides is 1. The summed E-state index contributed by atoms with van der Waals surface area (Å²) in [5.41, 5.74) is 0. The van der Waals surface area contributed by atoms with Gasteiger partial charge >= 0.3 is 0 Å². The number of nitrogens with zero attached hydrogens (tertiary/aromatic N) is 2. The van der Waals surface area contributed by atoms with Crippen molar-refractivity contribution in [1.82, 2.24) is 14.5 Å². The van der Waals surface area contributed by atoms with Crippen LogP contribution in [0.3, 0.4) is 0 Å². The minimum atomic E-state index is -3.36. The van der Waals surface area contributed by atoms with E-state index in [1.165, 1.54) is 29.9 Å². The maximum Gasteiger partial charge on any atom is 0.243 e. The van der Waals surface area contributed by atoms with E-state index in [9.17, 15) is 8.42 Å². The maximum absolute atomic E-state index is 11.8. The topological polar surface area (TPSA) is 64.0 Å². The first kappa shape index (κ1) is 11.6. The molecule has 1 aliphatic rings. The normalized spacial score (nSPS) is 18.1. The molecule has 0 unspecified atom stereocenters. The summed E-state index contributed by atoms with van der Waals surface area (Å²) in [6, 6.07) is 0. The molecule has 6 heteroatoms. The van der Waals surface area contributed by atoms with Crippen molar-refractivity contribution in [3.8, 4) is 0 Å². The highest BCUT2D eigenvalue weighted by molar-refractivity contribution is 7.89. The number of rotatable bonds is 4. The first-order valence-corrected chi connectivity index (χ1v) is 7.04. The van der Waals surface area contributed by atoms with E-state index >= 15 is 0 Å². The molecule has 90 valence electrons. The Hall–Kier alpha value is -0.880. The summed E-state index contributed by atoms with van der Waals surface area (Å²) in [4.78, 5) is 0.244. The van der Waals surface area contributed by atoms with E-state index in [1.807, 2.05) is 0 Å². The number of hydrogen-bond acceptors (Lipinski definition) is 3. The molecule has 16 heavy (non-hydrogen) atoms. The monoisotopic (exact) mass is 243 g/mol. The Labute approximate surface area is 95.9 Å². The van der Waals surface area contributed by atoms with Crippen LogP contribution in [0.2, 0.25) is 0 Å². The van der Waals surface area contributed by atoms with E-state index in [1.54, 1.807) is 7.05 Å². The highest BCUT2D eigenvalue weighted by Gasteiger charge is 2.20. The van der Waals surface area contributed by atoms with Gasteiger partial charge in [0.25, 0.3) is 0 Å². The molecule has 1 saturated carbocycles. The molecule has 1 heterocycles. The molecule has 0 aliphatic heterocycles. The lowest BCUT2D eigenvalue weighted by molar-refractivity contribution is 0.519. The molecule has 0 bridgehead atoms. The van der Waals surface area contributed by atoms with Gasteiger partial charge in [-0.3, -0.25) is 4.68 Å². The highest BCUT2D eigenvalue weighted by Crippen LogP contribution is 2.24. The molecular weight excluding hydrogens is 226 g/mol. The molecule has 0 saturated heterocycles. The van der Waals surface area contributed by atoms with Crippen LogP contribution in [0.25, 0.3) is 0 Å². The summed E-state index contributed by atoms with van der Waals surface area (Å²) in [5, 5.41) is 3.86. The zero-order valence-electron chi connectivity index (χ0n) is 9.39. The van der Waals surface area contributed by atoms with Crippen molar-refractivity contribution < 1.29 is 8.42 Å². The summed E-state index contributed by atoms with van der Waals surface area (Å²) < 4.78 is 27.8. The smallest absolute Gasteiger partial charge is 0.243 e. The van der Waals surface area contributed by atoms with Gasteiger partial charge in [-0.15, -0.1) is 0 Å². The molecule has 1 aromatic rings. The Kier molecular flexibility index (Phi) is 3.30. The fourth-order valence-corrected chi connectivity index (χ4v) is 3.16. The lowest BCUT2D eigenvalue weighted by Crippen LogP contribution is -2.28. The lowest BCUT2D eigenvalue weighted by atomic mass is 10.1. The van der Waals surface area contributed by atoms with Crippen LogP contribution in [0.1, 0.15) is 25.7 Å². The van der Waals surface area contributed by atoms with Crippen LogP contribution in [-0.2, 0) is 17.1 Å². The molecule has 0 amide bonds. The van der Waals surface area contributed by atoms with Crippen molar-refractivity contribution in [2.75, 3.05) is 6.54 Å². The summed E-state index contributed by atoms with van der Waals surface area (Å²) in [6.07, 6.45) is 7.59. The molecule has 1 N–H and O–H groups in total. The fourth-order valence-electron chi connectivity index (χ4n) is 2.06. The van der Waals surface area contributed by atoms with Gasteiger partial charge < -0.3 is 0 Å². The second-order valence-corrected chi connectivity index (χ2v) is 6.12. The third-order valence-corrected chi connectivity index (χ3v) is 4.41. The van der Waals surface area contributed by atoms with Gasteiger partial charge in [-0.25, -0.2) is 13.1 Å². The SMILES string of the molecule is Cn1cc(S(=O)(=O)NCC2CCCC2)cn1. The predicted octanol–water partition coefficient (Wildman–Crippen LogP) is 0.889. The molecule has 0 atom stereocenters. The van der Waals surface area contributed by atoms with E-state index in [2.05, 4.69) is 9.82 Å². The van der Waals surface area contributed by atoms with Gasteiger partial charge in [0, 0.05) is 19.8 Å². The van der Waals surface area contributed by atoms with Gasteiger partial charge in [-0.05, 0) is 18.8 Å². The Balaban J connectivity index is 1.97. The second kappa shape index (κ2) is 4.55. The van der Waals surface area contributed by atoms with E-state index in [-0.39, 0.29) is 4.90 Å². The van der Waals surface area contributed by atoms with Crippen LogP contribution in [0, 0.1) is 5.92 Å². The van der Waals surface area contributed by atoms with Gasteiger partial charge in [0.1, 0.15) is 4.90 Å². The Bertz CT molecular complexity index is 446. The number of aryl methyl sites for hydroxylation is 1. The molecule has 1 aliphatic carbocycles. The van der Waals surface area contributed by atoms with Crippen molar-refractivity contribution in [1.29, 1.82) is 0 Å². The zero-order chi connectivity index (χ0) is 11.6. The van der Waals surface area contributed by atoms with Crippen LogP contribution >= 0.6 is 0 Å². The standard InChI is InChI=1S/C10H17N3O2S/c1-13-8-10(7-11-13)16(14,15)12-6-9-4-2-3-5-9/h7-9,12H,2-6H2,1H3. The molecular formula is C10H17N3O2S. The van der Waals surface area contributed by atoms with Crippen LogP contribution in [0.5, 0.6) is 0 Å². The van der Waals surface area contributed by atoms with Crippen LogP contribution in [0.15, 0.2) is 17.3 Å².